The van der Waals surface area contributed by atoms with E-state index in [2.05, 4.69) is 9.44 Å². The van der Waals surface area contributed by atoms with Gasteiger partial charge in [-0.25, -0.2) is 0 Å². The first-order valence-corrected chi connectivity index (χ1v) is 13.3. The van der Waals surface area contributed by atoms with Gasteiger partial charge in [-0.1, -0.05) is 27.3 Å². The topological polar surface area (TPSA) is 141 Å². The highest BCUT2D eigenvalue weighted by Crippen LogP contribution is 2.34. The Labute approximate surface area is 200 Å². The lowest BCUT2D eigenvalue weighted by atomic mass is 10.2. The van der Waals surface area contributed by atoms with Crippen LogP contribution in [0.25, 0.3) is 0 Å². The summed E-state index contributed by atoms with van der Waals surface area (Å²) in [5.41, 5.74) is 0. The molecule has 0 saturated heterocycles. The number of benzene rings is 2. The number of fused-ring (bicyclic) bond motifs is 2. The minimum atomic E-state index is -4.42. The number of nitrogens with one attached hydrogen (secondary N) is 3. The lowest BCUT2D eigenvalue weighted by molar-refractivity contribution is 0.0941. The summed E-state index contributed by atoms with van der Waals surface area (Å²) in [6.07, 6.45) is -1.35. The Morgan fingerprint density at radius 2 is 1.15 bits per heavy atom. The van der Waals surface area contributed by atoms with Gasteiger partial charge >= 0.3 is 0 Å². The van der Waals surface area contributed by atoms with Crippen molar-refractivity contribution in [3.8, 4) is 23.0 Å². The molecule has 0 fully saturated rings. The third-order valence-corrected chi connectivity index (χ3v) is 7.79. The number of hydrogen-bond donors (Lipinski definition) is 3. The van der Waals surface area contributed by atoms with Crippen molar-refractivity contribution < 1.29 is 35.8 Å². The summed E-state index contributed by atoms with van der Waals surface area (Å²) < 4.78 is 76.9. The molecule has 2 aromatic rings. The zero-order chi connectivity index (χ0) is 23.6. The summed E-state index contributed by atoms with van der Waals surface area (Å²) in [5.74, 6) is 1.67. The molecule has 11 nitrogen and oxygen atoms in total. The van der Waals surface area contributed by atoms with Crippen LogP contribution < -0.4 is 32.5 Å². The van der Waals surface area contributed by atoms with Gasteiger partial charge in [-0.3, -0.25) is 0 Å². The normalized spacial score (nSPS) is 19.8. The van der Waals surface area contributed by atoms with Gasteiger partial charge in [0.15, 0.2) is 23.0 Å². The summed E-state index contributed by atoms with van der Waals surface area (Å²) in [5, 5.41) is 0.939. The first-order chi connectivity index (χ1) is 15.6. The maximum atomic E-state index is 12.2. The molecule has 2 heterocycles. The van der Waals surface area contributed by atoms with Crippen LogP contribution in [0.3, 0.4) is 0 Å². The van der Waals surface area contributed by atoms with E-state index in [4.69, 9.17) is 42.1 Å². The van der Waals surface area contributed by atoms with Crippen LogP contribution in [-0.4, -0.2) is 55.3 Å². The van der Waals surface area contributed by atoms with E-state index in [1.54, 1.807) is 40.5 Å². The van der Waals surface area contributed by atoms with E-state index < -0.39 is 32.6 Å². The van der Waals surface area contributed by atoms with Crippen molar-refractivity contribution in [3.63, 3.8) is 0 Å². The van der Waals surface area contributed by atoms with Gasteiger partial charge < -0.3 is 18.9 Å². The summed E-state index contributed by atoms with van der Waals surface area (Å²) in [4.78, 5) is 0. The number of halogens is 2. The Hall–Kier alpha value is -2.00. The Kier molecular flexibility index (Phi) is 7.09. The van der Waals surface area contributed by atoms with Gasteiger partial charge in [0, 0.05) is 22.2 Å². The van der Waals surface area contributed by atoms with Crippen LogP contribution in [0.5, 0.6) is 23.0 Å². The first kappa shape index (κ1) is 24.1. The van der Waals surface area contributed by atoms with Crippen molar-refractivity contribution in [2.75, 3.05) is 26.3 Å². The number of hydrogen-bond acceptors (Lipinski definition) is 8. The van der Waals surface area contributed by atoms with Crippen LogP contribution in [0.15, 0.2) is 36.4 Å². The Balaban J connectivity index is 1.26. The van der Waals surface area contributed by atoms with Crippen LogP contribution in [-0.2, 0) is 20.4 Å². The SMILES string of the molecule is O=S(=O)(NCC1COc2cc(Cl)ccc2O1)NS(=O)(=O)NCC1COc2cc(Cl)ccc2O1. The molecule has 0 amide bonds. The molecule has 2 unspecified atom stereocenters. The van der Waals surface area contributed by atoms with Gasteiger partial charge in [0.25, 0.3) is 20.4 Å². The minimum Gasteiger partial charge on any atom is -0.486 e. The lowest BCUT2D eigenvalue weighted by Crippen LogP contribution is -2.51. The van der Waals surface area contributed by atoms with Crippen molar-refractivity contribution >= 4 is 43.6 Å². The van der Waals surface area contributed by atoms with Crippen molar-refractivity contribution in [3.05, 3.63) is 46.4 Å². The number of rotatable bonds is 8. The van der Waals surface area contributed by atoms with Gasteiger partial charge in [-0.15, -0.1) is 0 Å². The fourth-order valence-electron chi connectivity index (χ4n) is 2.99. The standard InChI is InChI=1S/C18H19Cl2N3O8S2/c19-11-1-3-15-17(5-11)28-9-13(30-15)7-21-32(24,25)23-33(26,27)22-8-14-10-29-18-6-12(20)2-4-16(18)31-14/h1-6,13-14,21-23H,7-10H2. The molecule has 2 aromatic carbocycles. The van der Waals surface area contributed by atoms with Crippen molar-refractivity contribution in [2.45, 2.75) is 12.2 Å². The molecular weight excluding hydrogens is 521 g/mol. The summed E-state index contributed by atoms with van der Waals surface area (Å²) in [7, 11) is -8.85. The Morgan fingerprint density at radius 1 is 0.727 bits per heavy atom. The maximum absolute atomic E-state index is 12.2. The molecule has 0 saturated carbocycles. The summed E-state index contributed by atoms with van der Waals surface area (Å²) in [6, 6.07) is 9.54. The van der Waals surface area contributed by atoms with E-state index in [0.717, 1.165) is 0 Å². The first-order valence-electron chi connectivity index (χ1n) is 9.54. The van der Waals surface area contributed by atoms with Crippen molar-refractivity contribution in [1.82, 2.24) is 13.6 Å². The molecule has 0 aliphatic carbocycles. The molecule has 0 bridgehead atoms. The zero-order valence-electron chi connectivity index (χ0n) is 16.8. The molecule has 0 radical (unpaired) electrons. The predicted octanol–water partition coefficient (Wildman–Crippen LogP) is 1.23. The largest absolute Gasteiger partial charge is 0.486 e. The third kappa shape index (κ3) is 6.53. The van der Waals surface area contributed by atoms with Crippen molar-refractivity contribution in [2.24, 2.45) is 0 Å². The van der Waals surface area contributed by atoms with Gasteiger partial charge in [0.1, 0.15) is 25.4 Å². The second-order valence-corrected chi connectivity index (χ2v) is 11.2. The predicted molar refractivity (Wildman–Crippen MR) is 120 cm³/mol. The molecule has 3 N–H and O–H groups in total. The second kappa shape index (κ2) is 9.70. The zero-order valence-corrected chi connectivity index (χ0v) is 19.9. The second-order valence-electron chi connectivity index (χ2n) is 7.07. The fraction of sp³-hybridized carbons (Fsp3) is 0.333. The van der Waals surface area contributed by atoms with Crippen LogP contribution in [0, 0.1) is 0 Å². The number of ether oxygens (including phenoxy) is 4. The van der Waals surface area contributed by atoms with Gasteiger partial charge in [0.2, 0.25) is 0 Å². The summed E-state index contributed by atoms with van der Waals surface area (Å²) >= 11 is 11.8. The molecule has 0 aromatic heterocycles. The van der Waals surface area contributed by atoms with Crippen LogP contribution in [0.4, 0.5) is 0 Å². The lowest BCUT2D eigenvalue weighted by Gasteiger charge is -2.27. The van der Waals surface area contributed by atoms with Gasteiger partial charge in [-0.2, -0.15) is 26.3 Å². The average Bonchev–Trinajstić information content (AvgIpc) is 2.75. The Bertz CT molecular complexity index is 1150. The van der Waals surface area contributed by atoms with E-state index in [1.165, 1.54) is 0 Å². The molecule has 2 atom stereocenters. The quantitative estimate of drug-likeness (QED) is 0.454. The molecule has 2 aliphatic rings. The highest BCUT2D eigenvalue weighted by atomic mass is 35.5. The smallest absolute Gasteiger partial charge is 0.291 e. The van der Waals surface area contributed by atoms with Crippen LogP contribution in [0.2, 0.25) is 10.0 Å². The van der Waals surface area contributed by atoms with Gasteiger partial charge in [-0.05, 0) is 24.3 Å². The minimum absolute atomic E-state index is 0.0482. The third-order valence-electron chi connectivity index (χ3n) is 4.47. The van der Waals surface area contributed by atoms with E-state index >= 15 is 0 Å². The van der Waals surface area contributed by atoms with E-state index in [-0.39, 0.29) is 26.3 Å². The Morgan fingerprint density at radius 3 is 1.58 bits per heavy atom. The van der Waals surface area contributed by atoms with E-state index in [1.807, 2.05) is 0 Å². The van der Waals surface area contributed by atoms with Crippen molar-refractivity contribution in [1.29, 1.82) is 0 Å². The highest BCUT2D eigenvalue weighted by Gasteiger charge is 2.27. The monoisotopic (exact) mass is 539 g/mol. The molecule has 0 spiro atoms. The average molecular weight is 540 g/mol. The van der Waals surface area contributed by atoms with Crippen LogP contribution >= 0.6 is 23.2 Å². The van der Waals surface area contributed by atoms with E-state index in [9.17, 15) is 16.8 Å². The molecule has 15 heteroatoms. The van der Waals surface area contributed by atoms with E-state index in [0.29, 0.717) is 33.0 Å². The molecule has 4 rings (SSSR count). The highest BCUT2D eigenvalue weighted by molar-refractivity contribution is 8.02. The molecule has 2 aliphatic heterocycles. The molecular formula is C18H19Cl2N3O8S2. The summed E-state index contributed by atoms with van der Waals surface area (Å²) in [6.45, 7) is -0.364. The fourth-order valence-corrected chi connectivity index (χ4v) is 5.75. The molecule has 33 heavy (non-hydrogen) atoms. The maximum Gasteiger partial charge on any atom is 0.291 e. The van der Waals surface area contributed by atoms with Gasteiger partial charge in [0.05, 0.1) is 13.1 Å². The van der Waals surface area contributed by atoms with Crippen LogP contribution in [0.1, 0.15) is 0 Å². The molecule has 180 valence electrons.